The monoisotopic (exact) mass is 240 g/mol. The Balaban J connectivity index is 1.80. The second kappa shape index (κ2) is 5.68. The van der Waals surface area contributed by atoms with Crippen molar-refractivity contribution in [1.29, 1.82) is 0 Å². The molecular formula is C14H28N2O. The van der Waals surface area contributed by atoms with Crippen LogP contribution in [0.15, 0.2) is 0 Å². The molecule has 2 heterocycles. The van der Waals surface area contributed by atoms with Gasteiger partial charge in [0.1, 0.15) is 0 Å². The molecule has 0 aliphatic carbocycles. The molecule has 0 saturated carbocycles. The van der Waals surface area contributed by atoms with E-state index in [-0.39, 0.29) is 5.60 Å². The fourth-order valence-electron chi connectivity index (χ4n) is 3.20. The van der Waals surface area contributed by atoms with E-state index in [9.17, 15) is 0 Å². The van der Waals surface area contributed by atoms with E-state index < -0.39 is 0 Å². The standard InChI is InChI=1S/C14H28N2O/c1-12(2)9-13-10-16(7-6-15-13)11-14(3)5-4-8-17-14/h12-13,15H,4-11H2,1-3H3. The quantitative estimate of drug-likeness (QED) is 0.812. The van der Waals surface area contributed by atoms with E-state index in [2.05, 4.69) is 31.0 Å². The molecule has 2 saturated heterocycles. The molecule has 0 radical (unpaired) electrons. The lowest BCUT2D eigenvalue weighted by molar-refractivity contribution is -0.0150. The van der Waals surface area contributed by atoms with Gasteiger partial charge < -0.3 is 10.1 Å². The van der Waals surface area contributed by atoms with Gasteiger partial charge in [-0.05, 0) is 32.1 Å². The Morgan fingerprint density at radius 3 is 2.94 bits per heavy atom. The molecule has 2 rings (SSSR count). The normalized spacial score (nSPS) is 35.6. The zero-order valence-electron chi connectivity index (χ0n) is 11.7. The number of rotatable bonds is 4. The first-order valence-electron chi connectivity index (χ1n) is 7.17. The Morgan fingerprint density at radius 2 is 2.29 bits per heavy atom. The Bertz CT molecular complexity index is 236. The molecule has 17 heavy (non-hydrogen) atoms. The van der Waals surface area contributed by atoms with Crippen molar-refractivity contribution >= 4 is 0 Å². The van der Waals surface area contributed by atoms with Crippen LogP contribution >= 0.6 is 0 Å². The summed E-state index contributed by atoms with van der Waals surface area (Å²) in [4.78, 5) is 2.59. The van der Waals surface area contributed by atoms with E-state index in [1.165, 1.54) is 32.4 Å². The maximum atomic E-state index is 5.90. The van der Waals surface area contributed by atoms with Crippen molar-refractivity contribution in [3.05, 3.63) is 0 Å². The number of piperazine rings is 1. The molecular weight excluding hydrogens is 212 g/mol. The molecule has 0 amide bonds. The first-order valence-corrected chi connectivity index (χ1v) is 7.17. The van der Waals surface area contributed by atoms with Crippen LogP contribution in [0.4, 0.5) is 0 Å². The summed E-state index contributed by atoms with van der Waals surface area (Å²) in [7, 11) is 0. The van der Waals surface area contributed by atoms with Gasteiger partial charge in [0, 0.05) is 38.8 Å². The fourth-order valence-corrected chi connectivity index (χ4v) is 3.20. The summed E-state index contributed by atoms with van der Waals surface area (Å²) in [5.74, 6) is 0.783. The van der Waals surface area contributed by atoms with Crippen LogP contribution in [0.1, 0.15) is 40.0 Å². The molecule has 100 valence electrons. The van der Waals surface area contributed by atoms with Gasteiger partial charge >= 0.3 is 0 Å². The zero-order valence-corrected chi connectivity index (χ0v) is 11.7. The fraction of sp³-hybridized carbons (Fsp3) is 1.00. The van der Waals surface area contributed by atoms with Crippen molar-refractivity contribution in [2.75, 3.05) is 32.8 Å². The van der Waals surface area contributed by atoms with Crippen LogP contribution in [-0.4, -0.2) is 49.3 Å². The first-order chi connectivity index (χ1) is 8.07. The average molecular weight is 240 g/mol. The lowest BCUT2D eigenvalue weighted by Crippen LogP contribution is -2.54. The van der Waals surface area contributed by atoms with Gasteiger partial charge in [-0.15, -0.1) is 0 Å². The SMILES string of the molecule is CC(C)CC1CN(CC2(C)CCCO2)CCN1. The van der Waals surface area contributed by atoms with E-state index in [4.69, 9.17) is 4.74 Å². The summed E-state index contributed by atoms with van der Waals surface area (Å²) in [6, 6.07) is 0.675. The number of hydrogen-bond donors (Lipinski definition) is 1. The summed E-state index contributed by atoms with van der Waals surface area (Å²) in [6.07, 6.45) is 3.75. The summed E-state index contributed by atoms with van der Waals surface area (Å²) in [5, 5.41) is 3.64. The largest absolute Gasteiger partial charge is 0.374 e. The van der Waals surface area contributed by atoms with Gasteiger partial charge in [0.25, 0.3) is 0 Å². The topological polar surface area (TPSA) is 24.5 Å². The molecule has 2 aliphatic heterocycles. The molecule has 2 atom stereocenters. The molecule has 0 aromatic heterocycles. The van der Waals surface area contributed by atoms with Gasteiger partial charge in [-0.1, -0.05) is 13.8 Å². The van der Waals surface area contributed by atoms with Crippen LogP contribution in [0.3, 0.4) is 0 Å². The van der Waals surface area contributed by atoms with Gasteiger partial charge in [-0.3, -0.25) is 4.90 Å². The van der Waals surface area contributed by atoms with Gasteiger partial charge in [-0.2, -0.15) is 0 Å². The Kier molecular flexibility index (Phi) is 4.45. The first kappa shape index (κ1) is 13.3. The molecule has 2 fully saturated rings. The van der Waals surface area contributed by atoms with Crippen LogP contribution in [0.2, 0.25) is 0 Å². The molecule has 3 heteroatoms. The van der Waals surface area contributed by atoms with Crippen LogP contribution in [-0.2, 0) is 4.74 Å². The molecule has 0 bridgehead atoms. The summed E-state index contributed by atoms with van der Waals surface area (Å²) in [5.41, 5.74) is 0.125. The van der Waals surface area contributed by atoms with E-state index in [1.54, 1.807) is 0 Å². The van der Waals surface area contributed by atoms with Crippen molar-refractivity contribution in [3.63, 3.8) is 0 Å². The minimum absolute atomic E-state index is 0.125. The Labute approximate surface area is 106 Å². The molecule has 2 aliphatic rings. The maximum Gasteiger partial charge on any atom is 0.0781 e. The average Bonchev–Trinajstić information content (AvgIpc) is 2.64. The van der Waals surface area contributed by atoms with Gasteiger partial charge in [-0.25, -0.2) is 0 Å². The zero-order chi connectivity index (χ0) is 12.3. The maximum absolute atomic E-state index is 5.90. The molecule has 3 nitrogen and oxygen atoms in total. The lowest BCUT2D eigenvalue weighted by atomic mass is 9.99. The molecule has 0 aromatic rings. The summed E-state index contributed by atoms with van der Waals surface area (Å²) >= 11 is 0. The molecule has 1 N–H and O–H groups in total. The van der Waals surface area contributed by atoms with Gasteiger partial charge in [0.2, 0.25) is 0 Å². The second-order valence-corrected chi connectivity index (χ2v) is 6.42. The van der Waals surface area contributed by atoms with Gasteiger partial charge in [0.15, 0.2) is 0 Å². The van der Waals surface area contributed by atoms with Crippen LogP contribution in [0.5, 0.6) is 0 Å². The van der Waals surface area contributed by atoms with Crippen LogP contribution in [0.25, 0.3) is 0 Å². The Hall–Kier alpha value is -0.120. The molecule has 0 aromatic carbocycles. The number of ether oxygens (including phenoxy) is 1. The van der Waals surface area contributed by atoms with Gasteiger partial charge in [0.05, 0.1) is 5.60 Å². The number of nitrogens with one attached hydrogen (secondary N) is 1. The third kappa shape index (κ3) is 3.94. The predicted molar refractivity (Wildman–Crippen MR) is 71.3 cm³/mol. The van der Waals surface area contributed by atoms with E-state index >= 15 is 0 Å². The second-order valence-electron chi connectivity index (χ2n) is 6.42. The van der Waals surface area contributed by atoms with Crippen molar-refractivity contribution in [2.45, 2.75) is 51.7 Å². The highest BCUT2D eigenvalue weighted by molar-refractivity contribution is 4.87. The number of nitrogens with zero attached hydrogens (tertiary/aromatic N) is 1. The minimum Gasteiger partial charge on any atom is -0.374 e. The highest BCUT2D eigenvalue weighted by Crippen LogP contribution is 2.26. The highest BCUT2D eigenvalue weighted by Gasteiger charge is 2.33. The summed E-state index contributed by atoms with van der Waals surface area (Å²) in [6.45, 7) is 12.5. The van der Waals surface area contributed by atoms with Crippen molar-refractivity contribution < 1.29 is 4.74 Å². The Morgan fingerprint density at radius 1 is 1.47 bits per heavy atom. The van der Waals surface area contributed by atoms with E-state index in [1.807, 2.05) is 0 Å². The third-order valence-electron chi connectivity index (χ3n) is 3.95. The molecule has 0 spiro atoms. The highest BCUT2D eigenvalue weighted by atomic mass is 16.5. The minimum atomic E-state index is 0.125. The van der Waals surface area contributed by atoms with E-state index in [0.717, 1.165) is 25.6 Å². The van der Waals surface area contributed by atoms with Crippen LogP contribution < -0.4 is 5.32 Å². The van der Waals surface area contributed by atoms with Crippen molar-refractivity contribution in [1.82, 2.24) is 10.2 Å². The van der Waals surface area contributed by atoms with Crippen molar-refractivity contribution in [2.24, 2.45) is 5.92 Å². The third-order valence-corrected chi connectivity index (χ3v) is 3.95. The summed E-state index contributed by atoms with van der Waals surface area (Å²) < 4.78 is 5.90. The predicted octanol–water partition coefficient (Wildman–Crippen LogP) is 1.88. The lowest BCUT2D eigenvalue weighted by Gasteiger charge is -2.38. The van der Waals surface area contributed by atoms with Crippen LogP contribution in [0, 0.1) is 5.92 Å². The van der Waals surface area contributed by atoms with Crippen molar-refractivity contribution in [3.8, 4) is 0 Å². The van der Waals surface area contributed by atoms with E-state index in [0.29, 0.717) is 6.04 Å². The number of hydrogen-bond acceptors (Lipinski definition) is 3. The molecule has 2 unspecified atom stereocenters. The smallest absolute Gasteiger partial charge is 0.0781 e.